The van der Waals surface area contributed by atoms with Crippen molar-refractivity contribution in [3.05, 3.63) is 23.4 Å². The van der Waals surface area contributed by atoms with Gasteiger partial charge in [-0.25, -0.2) is 4.68 Å². The summed E-state index contributed by atoms with van der Waals surface area (Å²) in [5, 5.41) is 10.5. The van der Waals surface area contributed by atoms with Crippen LogP contribution < -0.4 is 21.1 Å². The van der Waals surface area contributed by atoms with Crippen LogP contribution in [-0.4, -0.2) is 47.3 Å². The molecule has 182 valence electrons. The highest BCUT2D eigenvalue weighted by molar-refractivity contribution is 5.96. The number of allylic oxidation sites excluding steroid dienone is 1. The summed E-state index contributed by atoms with van der Waals surface area (Å²) in [6, 6.07) is 0.264. The minimum absolute atomic E-state index is 0.0983. The van der Waals surface area contributed by atoms with Crippen molar-refractivity contribution in [1.82, 2.24) is 20.4 Å². The smallest absolute Gasteiger partial charge is 0.258 e. The van der Waals surface area contributed by atoms with Crippen LogP contribution in [0.5, 0.6) is 5.88 Å². The quantitative estimate of drug-likeness (QED) is 0.468. The second-order valence-corrected chi connectivity index (χ2v) is 10.6. The molecule has 1 aromatic heterocycles. The van der Waals surface area contributed by atoms with Gasteiger partial charge < -0.3 is 21.1 Å². The molecule has 8 nitrogen and oxygen atoms in total. The van der Waals surface area contributed by atoms with Crippen molar-refractivity contribution in [3.8, 4) is 5.88 Å². The molecule has 8 heteroatoms. The predicted octanol–water partition coefficient (Wildman–Crippen LogP) is 2.49. The second kappa shape index (κ2) is 10.3. The summed E-state index contributed by atoms with van der Waals surface area (Å²) in [4.78, 5) is 25.5. The fourth-order valence-corrected chi connectivity index (χ4v) is 6.09. The largest absolute Gasteiger partial charge is 0.477 e. The molecule has 0 aliphatic heterocycles. The third-order valence-electron chi connectivity index (χ3n) is 7.47. The van der Waals surface area contributed by atoms with Gasteiger partial charge in [0.15, 0.2) is 0 Å². The molecule has 5 rings (SSSR count). The topological polar surface area (TPSA) is 111 Å². The van der Waals surface area contributed by atoms with E-state index in [1.807, 2.05) is 0 Å². The van der Waals surface area contributed by atoms with Gasteiger partial charge in [0.05, 0.1) is 19.3 Å². The Morgan fingerprint density at radius 3 is 2.48 bits per heavy atom. The molecule has 2 amide bonds. The summed E-state index contributed by atoms with van der Waals surface area (Å²) in [5.41, 5.74) is 6.51. The Morgan fingerprint density at radius 1 is 1.21 bits per heavy atom. The highest BCUT2D eigenvalue weighted by atomic mass is 16.5. The number of nitrogens with zero attached hydrogens (tertiary/aromatic N) is 2. The van der Waals surface area contributed by atoms with Crippen molar-refractivity contribution in [2.24, 2.45) is 35.3 Å². The molecule has 4 aliphatic rings. The van der Waals surface area contributed by atoms with Crippen LogP contribution in [0, 0.1) is 29.6 Å². The Hall–Kier alpha value is -2.35. The number of nitrogens with one attached hydrogen (secondary N) is 2. The zero-order chi connectivity index (χ0) is 23.5. The van der Waals surface area contributed by atoms with Gasteiger partial charge >= 0.3 is 0 Å². The zero-order valence-electron chi connectivity index (χ0n) is 20.2. The Labute approximate surface area is 196 Å². The van der Waals surface area contributed by atoms with Gasteiger partial charge in [0.25, 0.3) is 5.91 Å². The summed E-state index contributed by atoms with van der Waals surface area (Å²) in [5.74, 6) is 3.48. The summed E-state index contributed by atoms with van der Waals surface area (Å²) < 4.78 is 7.71. The molecule has 0 saturated heterocycles. The molecule has 4 aliphatic carbocycles. The molecule has 1 aromatic rings. The van der Waals surface area contributed by atoms with E-state index in [9.17, 15) is 9.59 Å². The van der Waals surface area contributed by atoms with Crippen LogP contribution in [0.1, 0.15) is 63.2 Å². The van der Waals surface area contributed by atoms with Crippen LogP contribution >= 0.6 is 0 Å². The van der Waals surface area contributed by atoms with Crippen molar-refractivity contribution < 1.29 is 14.3 Å². The number of rotatable bonds is 10. The van der Waals surface area contributed by atoms with Gasteiger partial charge in [-0.15, -0.1) is 0 Å². The normalized spacial score (nSPS) is 28.3. The number of hydrogen-bond donors (Lipinski definition) is 3. The third kappa shape index (κ3) is 5.42. The summed E-state index contributed by atoms with van der Waals surface area (Å²) in [6.07, 6.45) is 9.80. The number of amides is 2. The lowest BCUT2D eigenvalue weighted by Gasteiger charge is -2.54. The van der Waals surface area contributed by atoms with Crippen LogP contribution in [0.2, 0.25) is 0 Å². The maximum atomic E-state index is 13.3. The van der Waals surface area contributed by atoms with E-state index in [2.05, 4.69) is 29.6 Å². The van der Waals surface area contributed by atoms with Crippen LogP contribution in [0.15, 0.2) is 17.8 Å². The number of nitrogens with two attached hydrogens (primary N) is 1. The first-order valence-electron chi connectivity index (χ1n) is 12.5. The second-order valence-electron chi connectivity index (χ2n) is 10.6. The van der Waals surface area contributed by atoms with Crippen molar-refractivity contribution in [3.63, 3.8) is 0 Å². The molecule has 0 radical (unpaired) electrons. The Morgan fingerprint density at radius 2 is 1.88 bits per heavy atom. The lowest BCUT2D eigenvalue weighted by molar-refractivity contribution is -0.117. The lowest BCUT2D eigenvalue weighted by Crippen LogP contribution is -2.55. The number of hydrogen-bond acceptors (Lipinski definition) is 5. The molecule has 4 bridgehead atoms. The highest BCUT2D eigenvalue weighted by Gasteiger charge is 2.48. The number of aromatic nitrogens is 2. The fraction of sp³-hybridized carbons (Fsp3) is 0.720. The first-order valence-corrected chi connectivity index (χ1v) is 12.5. The average Bonchev–Trinajstić information content (AvgIpc) is 3.19. The summed E-state index contributed by atoms with van der Waals surface area (Å²) >= 11 is 0. The first kappa shape index (κ1) is 23.8. The van der Waals surface area contributed by atoms with Gasteiger partial charge in [-0.2, -0.15) is 5.10 Å². The van der Waals surface area contributed by atoms with Crippen molar-refractivity contribution in [1.29, 1.82) is 0 Å². The van der Waals surface area contributed by atoms with Crippen LogP contribution in [-0.2, 0) is 11.3 Å². The van der Waals surface area contributed by atoms with Gasteiger partial charge in [0, 0.05) is 24.7 Å². The SMILES string of the molecule is C/C(=C\Cn1ncc(C(=O)NC2C3CC4CC(C3)CC2C4)c1OCC(C)C)C(=O)NCCN. The summed E-state index contributed by atoms with van der Waals surface area (Å²) in [6.45, 7) is 7.56. The Bertz CT molecular complexity index is 863. The lowest BCUT2D eigenvalue weighted by atomic mass is 9.54. The molecule has 0 unspecified atom stereocenters. The van der Waals surface area contributed by atoms with Gasteiger partial charge in [-0.3, -0.25) is 9.59 Å². The van der Waals surface area contributed by atoms with E-state index in [4.69, 9.17) is 10.5 Å². The fourth-order valence-electron chi connectivity index (χ4n) is 6.09. The maximum Gasteiger partial charge on any atom is 0.258 e. The van der Waals surface area contributed by atoms with Crippen LogP contribution in [0.25, 0.3) is 0 Å². The number of ether oxygens (including phenoxy) is 1. The highest BCUT2D eigenvalue weighted by Crippen LogP contribution is 2.53. The first-order chi connectivity index (χ1) is 15.9. The van der Waals surface area contributed by atoms with E-state index in [1.54, 1.807) is 23.9 Å². The van der Waals surface area contributed by atoms with E-state index in [0.29, 0.717) is 61.0 Å². The molecular formula is C25H39N5O3. The van der Waals surface area contributed by atoms with Gasteiger partial charge in [-0.1, -0.05) is 19.9 Å². The van der Waals surface area contributed by atoms with Crippen LogP contribution in [0.4, 0.5) is 0 Å². The number of carbonyl (C=O) groups excluding carboxylic acids is 2. The Balaban J connectivity index is 1.47. The minimum Gasteiger partial charge on any atom is -0.477 e. The zero-order valence-corrected chi connectivity index (χ0v) is 20.2. The van der Waals surface area contributed by atoms with Crippen molar-refractivity contribution in [2.45, 2.75) is 65.5 Å². The minimum atomic E-state index is -0.155. The molecule has 4 N–H and O–H groups in total. The van der Waals surface area contributed by atoms with E-state index in [-0.39, 0.29) is 17.9 Å². The molecule has 33 heavy (non-hydrogen) atoms. The molecule has 1 heterocycles. The molecule has 0 atom stereocenters. The molecule has 4 saturated carbocycles. The van der Waals surface area contributed by atoms with E-state index < -0.39 is 0 Å². The molecular weight excluding hydrogens is 418 g/mol. The summed E-state index contributed by atoms with van der Waals surface area (Å²) in [7, 11) is 0. The average molecular weight is 458 g/mol. The monoisotopic (exact) mass is 457 g/mol. The van der Waals surface area contributed by atoms with E-state index in [0.717, 1.165) is 11.8 Å². The standard InChI is InChI=1S/C25H39N5O3/c1-15(2)14-33-25-21(13-28-30(25)7-4-16(3)23(31)27-6-5-26)24(32)29-22-19-9-17-8-18(11-19)12-20(22)10-17/h4,13,15,17-20,22H,5-12,14,26H2,1-3H3,(H,27,31)(H,29,32)/b16-4+. The predicted molar refractivity (Wildman–Crippen MR) is 127 cm³/mol. The molecule has 0 aromatic carbocycles. The van der Waals surface area contributed by atoms with Crippen molar-refractivity contribution >= 4 is 11.8 Å². The maximum absolute atomic E-state index is 13.3. The Kier molecular flexibility index (Phi) is 7.41. The van der Waals surface area contributed by atoms with E-state index in [1.165, 1.54) is 32.1 Å². The van der Waals surface area contributed by atoms with Gasteiger partial charge in [0.1, 0.15) is 5.56 Å². The van der Waals surface area contributed by atoms with Gasteiger partial charge in [0.2, 0.25) is 11.8 Å². The van der Waals surface area contributed by atoms with Crippen molar-refractivity contribution in [2.75, 3.05) is 19.7 Å². The van der Waals surface area contributed by atoms with Gasteiger partial charge in [-0.05, 0) is 68.6 Å². The third-order valence-corrected chi connectivity index (χ3v) is 7.47. The molecule has 4 fully saturated rings. The molecule has 0 spiro atoms. The van der Waals surface area contributed by atoms with E-state index >= 15 is 0 Å². The number of carbonyl (C=O) groups is 2. The van der Waals surface area contributed by atoms with Crippen LogP contribution in [0.3, 0.4) is 0 Å².